The summed E-state index contributed by atoms with van der Waals surface area (Å²) in [6.45, 7) is -0.342. The molecule has 1 aromatic heterocycles. The van der Waals surface area contributed by atoms with Gasteiger partial charge in [0, 0.05) is 0 Å². The molecule has 0 radical (unpaired) electrons. The predicted molar refractivity (Wildman–Crippen MR) is 72.3 cm³/mol. The SMILES string of the molecule is O=C1Cc2nc(OCc3c(F)cccc3F)c(Cl)cc2N1. The number of rotatable bonds is 3. The zero-order valence-corrected chi connectivity index (χ0v) is 11.4. The van der Waals surface area contributed by atoms with Crippen LogP contribution in [0.4, 0.5) is 14.5 Å². The third kappa shape index (κ3) is 2.67. The minimum absolute atomic E-state index is 0.0366. The molecule has 1 aromatic carbocycles. The molecule has 1 aliphatic rings. The van der Waals surface area contributed by atoms with E-state index < -0.39 is 11.6 Å². The van der Waals surface area contributed by atoms with Gasteiger partial charge in [-0.2, -0.15) is 0 Å². The van der Waals surface area contributed by atoms with Gasteiger partial charge in [-0.05, 0) is 18.2 Å². The number of nitrogens with zero attached hydrogens (tertiary/aromatic N) is 1. The molecule has 0 atom stereocenters. The first kappa shape index (κ1) is 13.8. The molecule has 0 unspecified atom stereocenters. The van der Waals surface area contributed by atoms with Crippen LogP contribution < -0.4 is 10.1 Å². The number of hydrogen-bond acceptors (Lipinski definition) is 3. The number of ether oxygens (including phenoxy) is 1. The first-order valence-corrected chi connectivity index (χ1v) is 6.47. The molecule has 2 heterocycles. The summed E-state index contributed by atoms with van der Waals surface area (Å²) in [5.41, 5.74) is 0.813. The zero-order valence-electron chi connectivity index (χ0n) is 10.6. The Labute approximate surface area is 123 Å². The van der Waals surface area contributed by atoms with E-state index in [-0.39, 0.29) is 35.4 Å². The van der Waals surface area contributed by atoms with Gasteiger partial charge in [0.2, 0.25) is 11.8 Å². The highest BCUT2D eigenvalue weighted by molar-refractivity contribution is 6.32. The number of hydrogen-bond donors (Lipinski definition) is 1. The van der Waals surface area contributed by atoms with Crippen LogP contribution in [0, 0.1) is 11.6 Å². The largest absolute Gasteiger partial charge is 0.472 e. The molecule has 1 amide bonds. The summed E-state index contributed by atoms with van der Waals surface area (Å²) < 4.78 is 32.3. The van der Waals surface area contributed by atoms with E-state index in [0.717, 1.165) is 12.1 Å². The third-order valence-corrected chi connectivity index (χ3v) is 3.31. The maximum absolute atomic E-state index is 13.5. The number of benzene rings is 1. The Hall–Kier alpha value is -2.21. The van der Waals surface area contributed by atoms with Crippen molar-refractivity contribution in [2.24, 2.45) is 0 Å². The van der Waals surface area contributed by atoms with Crippen LogP contribution >= 0.6 is 11.6 Å². The summed E-state index contributed by atoms with van der Waals surface area (Å²) >= 11 is 5.98. The molecule has 4 nitrogen and oxygen atoms in total. The number of amides is 1. The Morgan fingerprint density at radius 2 is 2.05 bits per heavy atom. The fourth-order valence-corrected chi connectivity index (χ4v) is 2.22. The van der Waals surface area contributed by atoms with Crippen LogP contribution in [0.5, 0.6) is 5.88 Å². The van der Waals surface area contributed by atoms with Gasteiger partial charge in [0.1, 0.15) is 23.3 Å². The number of anilines is 1. The van der Waals surface area contributed by atoms with Crippen molar-refractivity contribution in [3.8, 4) is 5.88 Å². The van der Waals surface area contributed by atoms with E-state index in [1.807, 2.05) is 0 Å². The molecular weight excluding hydrogens is 302 g/mol. The molecule has 1 N–H and O–H groups in total. The molecule has 21 heavy (non-hydrogen) atoms. The molecule has 1 aliphatic heterocycles. The van der Waals surface area contributed by atoms with Crippen molar-refractivity contribution < 1.29 is 18.3 Å². The Bertz CT molecular complexity index is 717. The van der Waals surface area contributed by atoms with Gasteiger partial charge >= 0.3 is 0 Å². The minimum Gasteiger partial charge on any atom is -0.472 e. The van der Waals surface area contributed by atoms with Crippen LogP contribution in [0.1, 0.15) is 11.3 Å². The summed E-state index contributed by atoms with van der Waals surface area (Å²) in [4.78, 5) is 15.4. The van der Waals surface area contributed by atoms with Crippen LogP contribution in [0.25, 0.3) is 0 Å². The standard InChI is InChI=1S/C14H9ClF2N2O2/c15-8-4-11-12(5-13(20)18-11)19-14(8)21-6-7-9(16)2-1-3-10(7)17/h1-4H,5-6H2,(H,18,20). The number of nitrogens with one attached hydrogen (secondary N) is 1. The van der Waals surface area contributed by atoms with Gasteiger partial charge < -0.3 is 10.1 Å². The summed E-state index contributed by atoms with van der Waals surface area (Å²) in [7, 11) is 0. The van der Waals surface area contributed by atoms with Crippen LogP contribution in [0.15, 0.2) is 24.3 Å². The molecule has 0 fully saturated rings. The highest BCUT2D eigenvalue weighted by atomic mass is 35.5. The second-order valence-corrected chi connectivity index (χ2v) is 4.89. The van der Waals surface area contributed by atoms with Gasteiger partial charge in [-0.3, -0.25) is 4.79 Å². The maximum Gasteiger partial charge on any atom is 0.233 e. The second kappa shape index (κ2) is 5.29. The van der Waals surface area contributed by atoms with Gasteiger partial charge in [0.25, 0.3) is 0 Å². The van der Waals surface area contributed by atoms with Crippen molar-refractivity contribution in [1.29, 1.82) is 0 Å². The minimum atomic E-state index is -0.705. The van der Waals surface area contributed by atoms with Gasteiger partial charge in [0.05, 0.1) is 23.4 Å². The number of aromatic nitrogens is 1. The molecule has 2 aromatic rings. The average Bonchev–Trinajstić information content (AvgIpc) is 2.77. The zero-order chi connectivity index (χ0) is 15.0. The molecule has 7 heteroatoms. The molecule has 3 rings (SSSR count). The molecular formula is C14H9ClF2N2O2. The Balaban J connectivity index is 1.83. The number of halogens is 3. The molecule has 0 aliphatic carbocycles. The monoisotopic (exact) mass is 310 g/mol. The third-order valence-electron chi connectivity index (χ3n) is 3.04. The van der Waals surface area contributed by atoms with Gasteiger partial charge in [-0.25, -0.2) is 13.8 Å². The Kier molecular flexibility index (Phi) is 3.47. The highest BCUT2D eigenvalue weighted by Gasteiger charge is 2.22. The molecule has 0 bridgehead atoms. The van der Waals surface area contributed by atoms with Crippen molar-refractivity contribution >= 4 is 23.2 Å². The smallest absolute Gasteiger partial charge is 0.233 e. The topological polar surface area (TPSA) is 51.2 Å². The Morgan fingerprint density at radius 3 is 2.76 bits per heavy atom. The fourth-order valence-electron chi connectivity index (χ4n) is 2.01. The van der Waals surface area contributed by atoms with E-state index in [1.54, 1.807) is 0 Å². The van der Waals surface area contributed by atoms with Crippen molar-refractivity contribution in [3.05, 3.63) is 52.2 Å². The first-order valence-electron chi connectivity index (χ1n) is 6.09. The highest BCUT2D eigenvalue weighted by Crippen LogP contribution is 2.31. The first-order chi connectivity index (χ1) is 10.0. The lowest BCUT2D eigenvalue weighted by Crippen LogP contribution is -2.04. The van der Waals surface area contributed by atoms with E-state index in [9.17, 15) is 13.6 Å². The molecule has 0 saturated heterocycles. The summed E-state index contributed by atoms with van der Waals surface area (Å²) in [5.74, 6) is -1.56. The van der Waals surface area contributed by atoms with Gasteiger partial charge in [-0.1, -0.05) is 17.7 Å². The van der Waals surface area contributed by atoms with E-state index in [4.69, 9.17) is 16.3 Å². The summed E-state index contributed by atoms with van der Waals surface area (Å²) in [6.07, 6.45) is 0.122. The van der Waals surface area contributed by atoms with Crippen molar-refractivity contribution in [1.82, 2.24) is 4.98 Å². The lowest BCUT2D eigenvalue weighted by atomic mass is 10.2. The quantitative estimate of drug-likeness (QED) is 0.948. The van der Waals surface area contributed by atoms with Gasteiger partial charge in [0.15, 0.2) is 0 Å². The lowest BCUT2D eigenvalue weighted by molar-refractivity contribution is -0.115. The van der Waals surface area contributed by atoms with Gasteiger partial charge in [-0.15, -0.1) is 0 Å². The van der Waals surface area contributed by atoms with Crippen LogP contribution in [0.2, 0.25) is 5.02 Å². The van der Waals surface area contributed by atoms with Crippen LogP contribution in [-0.2, 0) is 17.8 Å². The molecule has 0 saturated carbocycles. The van der Waals surface area contributed by atoms with E-state index in [2.05, 4.69) is 10.3 Å². The molecule has 0 spiro atoms. The lowest BCUT2D eigenvalue weighted by Gasteiger charge is -2.10. The van der Waals surface area contributed by atoms with Crippen LogP contribution in [0.3, 0.4) is 0 Å². The van der Waals surface area contributed by atoms with E-state index in [0.29, 0.717) is 11.4 Å². The maximum atomic E-state index is 13.5. The van der Waals surface area contributed by atoms with Crippen molar-refractivity contribution in [3.63, 3.8) is 0 Å². The number of pyridine rings is 1. The fraction of sp³-hybridized carbons (Fsp3) is 0.143. The van der Waals surface area contributed by atoms with Crippen LogP contribution in [-0.4, -0.2) is 10.9 Å². The van der Waals surface area contributed by atoms with E-state index >= 15 is 0 Å². The summed E-state index contributed by atoms with van der Waals surface area (Å²) in [6, 6.07) is 5.05. The number of fused-ring (bicyclic) bond motifs is 1. The van der Waals surface area contributed by atoms with E-state index in [1.165, 1.54) is 12.1 Å². The Morgan fingerprint density at radius 1 is 1.33 bits per heavy atom. The average molecular weight is 311 g/mol. The number of carbonyl (C=O) groups is 1. The normalized spacial score (nSPS) is 13.0. The van der Waals surface area contributed by atoms with Crippen molar-refractivity contribution in [2.45, 2.75) is 13.0 Å². The molecule has 108 valence electrons. The summed E-state index contributed by atoms with van der Waals surface area (Å²) in [5, 5.41) is 2.76. The van der Waals surface area contributed by atoms with Crippen molar-refractivity contribution in [2.75, 3.05) is 5.32 Å². The second-order valence-electron chi connectivity index (χ2n) is 4.48. The number of carbonyl (C=O) groups excluding carboxylic acids is 1. The predicted octanol–water partition coefficient (Wildman–Crippen LogP) is 3.09.